The highest BCUT2D eigenvalue weighted by Gasteiger charge is 2.17. The zero-order valence-corrected chi connectivity index (χ0v) is 11.3. The molecule has 0 unspecified atom stereocenters. The van der Waals surface area contributed by atoms with E-state index < -0.39 is 0 Å². The lowest BCUT2D eigenvalue weighted by atomic mass is 10.2. The van der Waals surface area contributed by atoms with Gasteiger partial charge in [0.05, 0.1) is 23.4 Å². The molecule has 1 aliphatic carbocycles. The molecule has 0 bridgehead atoms. The van der Waals surface area contributed by atoms with Crippen LogP contribution in [0, 0.1) is 11.3 Å². The van der Waals surface area contributed by atoms with E-state index in [1.54, 1.807) is 12.1 Å². The van der Waals surface area contributed by atoms with Gasteiger partial charge in [0.1, 0.15) is 12.4 Å². The highest BCUT2D eigenvalue weighted by atomic mass is 16.5. The zero-order chi connectivity index (χ0) is 13.8. The summed E-state index contributed by atoms with van der Waals surface area (Å²) in [6.45, 7) is 0.464. The molecule has 0 radical (unpaired) electrons. The Morgan fingerprint density at radius 1 is 1.20 bits per heavy atom. The maximum atomic E-state index is 8.74. The van der Waals surface area contributed by atoms with Crippen LogP contribution in [0.15, 0.2) is 36.5 Å². The van der Waals surface area contributed by atoms with Gasteiger partial charge in [-0.3, -0.25) is 4.68 Å². The van der Waals surface area contributed by atoms with Gasteiger partial charge in [-0.1, -0.05) is 12.8 Å². The zero-order valence-electron chi connectivity index (χ0n) is 11.3. The molecule has 2 aromatic rings. The quantitative estimate of drug-likeness (QED) is 0.852. The maximum Gasteiger partial charge on any atom is 0.132 e. The van der Waals surface area contributed by atoms with Crippen molar-refractivity contribution in [1.82, 2.24) is 9.78 Å². The fourth-order valence-corrected chi connectivity index (χ4v) is 2.61. The third-order valence-corrected chi connectivity index (χ3v) is 3.73. The van der Waals surface area contributed by atoms with Crippen molar-refractivity contribution >= 4 is 0 Å². The summed E-state index contributed by atoms with van der Waals surface area (Å²) in [6.07, 6.45) is 7.13. The average Bonchev–Trinajstić information content (AvgIpc) is 3.16. The third kappa shape index (κ3) is 2.83. The number of nitrogens with zero attached hydrogens (tertiary/aromatic N) is 3. The number of hydrogen-bond donors (Lipinski definition) is 0. The number of benzene rings is 1. The van der Waals surface area contributed by atoms with E-state index in [9.17, 15) is 0 Å². The molecule has 1 aliphatic rings. The summed E-state index contributed by atoms with van der Waals surface area (Å²) in [5, 5.41) is 13.3. The Balaban J connectivity index is 1.59. The monoisotopic (exact) mass is 267 g/mol. The summed E-state index contributed by atoms with van der Waals surface area (Å²) in [4.78, 5) is 0. The summed E-state index contributed by atoms with van der Waals surface area (Å²) in [6, 6.07) is 11.8. The first kappa shape index (κ1) is 12.7. The molecule has 4 nitrogen and oxygen atoms in total. The summed E-state index contributed by atoms with van der Waals surface area (Å²) < 4.78 is 7.76. The van der Waals surface area contributed by atoms with E-state index in [-0.39, 0.29) is 0 Å². The minimum absolute atomic E-state index is 0.464. The smallest absolute Gasteiger partial charge is 0.132 e. The van der Waals surface area contributed by atoms with E-state index >= 15 is 0 Å². The molecule has 0 N–H and O–H groups in total. The lowest BCUT2D eigenvalue weighted by Crippen LogP contribution is -2.06. The van der Waals surface area contributed by atoms with Gasteiger partial charge in [-0.25, -0.2) is 0 Å². The topological polar surface area (TPSA) is 50.8 Å². The molecule has 0 amide bonds. The van der Waals surface area contributed by atoms with Crippen molar-refractivity contribution in [2.24, 2.45) is 0 Å². The fourth-order valence-electron chi connectivity index (χ4n) is 2.61. The van der Waals surface area contributed by atoms with Crippen molar-refractivity contribution < 1.29 is 4.74 Å². The Labute approximate surface area is 118 Å². The SMILES string of the molecule is N#Cc1ccc(OCc2ccn(C3CCCC3)n2)cc1. The van der Waals surface area contributed by atoms with Crippen molar-refractivity contribution in [2.75, 3.05) is 0 Å². The van der Waals surface area contributed by atoms with Crippen LogP contribution in [0.1, 0.15) is 43.0 Å². The van der Waals surface area contributed by atoms with E-state index in [0.29, 0.717) is 18.2 Å². The highest BCUT2D eigenvalue weighted by molar-refractivity contribution is 5.34. The van der Waals surface area contributed by atoms with Crippen LogP contribution in [0.25, 0.3) is 0 Å². The second-order valence-electron chi connectivity index (χ2n) is 5.15. The van der Waals surface area contributed by atoms with E-state index in [1.807, 2.05) is 24.4 Å². The van der Waals surface area contributed by atoms with Gasteiger partial charge in [-0.2, -0.15) is 10.4 Å². The molecule has 1 fully saturated rings. The van der Waals surface area contributed by atoms with Crippen LogP contribution in [-0.2, 0) is 6.61 Å². The van der Waals surface area contributed by atoms with Gasteiger partial charge in [0.25, 0.3) is 0 Å². The van der Waals surface area contributed by atoms with Crippen molar-refractivity contribution in [3.63, 3.8) is 0 Å². The number of ether oxygens (including phenoxy) is 1. The molecule has 1 aromatic heterocycles. The second-order valence-corrected chi connectivity index (χ2v) is 5.15. The van der Waals surface area contributed by atoms with Gasteiger partial charge in [-0.15, -0.1) is 0 Å². The van der Waals surface area contributed by atoms with Crippen molar-refractivity contribution in [3.8, 4) is 11.8 Å². The molecule has 0 spiro atoms. The van der Waals surface area contributed by atoms with Gasteiger partial charge >= 0.3 is 0 Å². The molecule has 20 heavy (non-hydrogen) atoms. The molecule has 4 heteroatoms. The number of rotatable bonds is 4. The first-order chi connectivity index (χ1) is 9.85. The summed E-state index contributed by atoms with van der Waals surface area (Å²) in [5.41, 5.74) is 1.59. The average molecular weight is 267 g/mol. The summed E-state index contributed by atoms with van der Waals surface area (Å²) in [7, 11) is 0. The molecule has 0 atom stereocenters. The van der Waals surface area contributed by atoms with Crippen molar-refractivity contribution in [1.29, 1.82) is 5.26 Å². The van der Waals surface area contributed by atoms with E-state index in [1.165, 1.54) is 25.7 Å². The largest absolute Gasteiger partial charge is 0.487 e. The Bertz CT molecular complexity index is 603. The number of aromatic nitrogens is 2. The van der Waals surface area contributed by atoms with Gasteiger partial charge in [-0.05, 0) is 43.2 Å². The predicted molar refractivity (Wildman–Crippen MR) is 75.2 cm³/mol. The number of nitriles is 1. The van der Waals surface area contributed by atoms with Crippen LogP contribution in [0.5, 0.6) is 5.75 Å². The van der Waals surface area contributed by atoms with Crippen molar-refractivity contribution in [2.45, 2.75) is 38.3 Å². The van der Waals surface area contributed by atoms with Gasteiger partial charge < -0.3 is 4.74 Å². The minimum atomic E-state index is 0.464. The predicted octanol–water partition coefficient (Wildman–Crippen LogP) is 3.45. The fraction of sp³-hybridized carbons (Fsp3) is 0.375. The van der Waals surface area contributed by atoms with Crippen LogP contribution in [-0.4, -0.2) is 9.78 Å². The van der Waals surface area contributed by atoms with E-state index in [0.717, 1.165) is 11.4 Å². The molecule has 1 aromatic carbocycles. The Morgan fingerprint density at radius 3 is 2.65 bits per heavy atom. The third-order valence-electron chi connectivity index (χ3n) is 3.73. The lowest BCUT2D eigenvalue weighted by molar-refractivity contribution is 0.298. The first-order valence-corrected chi connectivity index (χ1v) is 7.02. The number of hydrogen-bond acceptors (Lipinski definition) is 3. The molecule has 102 valence electrons. The van der Waals surface area contributed by atoms with Gasteiger partial charge in [0.15, 0.2) is 0 Å². The summed E-state index contributed by atoms with van der Waals surface area (Å²) in [5.74, 6) is 0.763. The standard InChI is InChI=1S/C16H17N3O/c17-11-13-5-7-16(8-6-13)20-12-14-9-10-19(18-14)15-3-1-2-4-15/h5-10,15H,1-4,12H2. The Hall–Kier alpha value is -2.28. The highest BCUT2D eigenvalue weighted by Crippen LogP contribution is 2.28. The van der Waals surface area contributed by atoms with Crippen LogP contribution >= 0.6 is 0 Å². The van der Waals surface area contributed by atoms with E-state index in [2.05, 4.69) is 15.8 Å². The van der Waals surface area contributed by atoms with Crippen LogP contribution in [0.2, 0.25) is 0 Å². The van der Waals surface area contributed by atoms with Crippen LogP contribution in [0.3, 0.4) is 0 Å². The lowest BCUT2D eigenvalue weighted by Gasteiger charge is -2.09. The van der Waals surface area contributed by atoms with Crippen molar-refractivity contribution in [3.05, 3.63) is 47.8 Å². The molecule has 1 heterocycles. The molecular weight excluding hydrogens is 250 g/mol. The minimum Gasteiger partial charge on any atom is -0.487 e. The molecule has 0 saturated heterocycles. The van der Waals surface area contributed by atoms with E-state index in [4.69, 9.17) is 10.00 Å². The summed E-state index contributed by atoms with van der Waals surface area (Å²) >= 11 is 0. The van der Waals surface area contributed by atoms with Gasteiger partial charge in [0.2, 0.25) is 0 Å². The molecule has 0 aliphatic heterocycles. The maximum absolute atomic E-state index is 8.74. The molecule has 1 saturated carbocycles. The molecule has 3 rings (SSSR count). The normalized spacial score (nSPS) is 15.2. The molecular formula is C16H17N3O. The van der Waals surface area contributed by atoms with Crippen LogP contribution < -0.4 is 4.74 Å². The second kappa shape index (κ2) is 5.79. The first-order valence-electron chi connectivity index (χ1n) is 7.02. The Kier molecular flexibility index (Phi) is 3.69. The Morgan fingerprint density at radius 2 is 1.95 bits per heavy atom. The van der Waals surface area contributed by atoms with Crippen LogP contribution in [0.4, 0.5) is 0 Å². The van der Waals surface area contributed by atoms with Gasteiger partial charge in [0, 0.05) is 6.20 Å².